The van der Waals surface area contributed by atoms with E-state index in [1.165, 1.54) is 6.92 Å². The maximum atomic E-state index is 13.4. The molecule has 0 aromatic carbocycles. The number of likely N-dealkylation sites (N-methyl/N-ethyl adjacent to an activating group) is 1. The van der Waals surface area contributed by atoms with Crippen molar-refractivity contribution >= 4 is 17.5 Å². The molecule has 38 heavy (non-hydrogen) atoms. The molecule has 2 rings (SSSR count). The molecule has 2 aliphatic heterocycles. The molecule has 2 fully saturated rings. The van der Waals surface area contributed by atoms with Gasteiger partial charge >= 0.3 is 5.97 Å². The molecule has 220 valence electrons. The van der Waals surface area contributed by atoms with Gasteiger partial charge in [-0.3, -0.25) is 14.4 Å². The Morgan fingerprint density at radius 2 is 1.66 bits per heavy atom. The van der Waals surface area contributed by atoms with Crippen LogP contribution in [0.5, 0.6) is 0 Å². The summed E-state index contributed by atoms with van der Waals surface area (Å²) in [6.45, 7) is 14.1. The molecule has 10 nitrogen and oxygen atoms in total. The van der Waals surface area contributed by atoms with Crippen molar-refractivity contribution in [1.82, 2.24) is 5.32 Å². The predicted molar refractivity (Wildman–Crippen MR) is 140 cm³/mol. The maximum absolute atomic E-state index is 13.4. The largest absolute Gasteiger partial charge is 0.462 e. The van der Waals surface area contributed by atoms with Gasteiger partial charge in [0.2, 0.25) is 0 Å². The highest BCUT2D eigenvalue weighted by atomic mass is 16.7. The lowest BCUT2D eigenvalue weighted by atomic mass is 9.78. The van der Waals surface area contributed by atoms with Crippen LogP contribution in [0.2, 0.25) is 0 Å². The van der Waals surface area contributed by atoms with Gasteiger partial charge in [-0.1, -0.05) is 34.6 Å². The van der Waals surface area contributed by atoms with E-state index in [0.717, 1.165) is 0 Å². The van der Waals surface area contributed by atoms with E-state index >= 15 is 0 Å². The van der Waals surface area contributed by atoms with E-state index < -0.39 is 78.1 Å². The molecule has 2 heterocycles. The van der Waals surface area contributed by atoms with Gasteiger partial charge in [-0.25, -0.2) is 0 Å². The minimum absolute atomic E-state index is 0.0283. The van der Waals surface area contributed by atoms with Gasteiger partial charge in [-0.05, 0) is 40.2 Å². The number of cyclic esters (lactones) is 1. The first-order valence-corrected chi connectivity index (χ1v) is 14.1. The molecular weight excluding hydrogens is 494 g/mol. The van der Waals surface area contributed by atoms with Crippen LogP contribution >= 0.6 is 0 Å². The van der Waals surface area contributed by atoms with Crippen LogP contribution in [-0.2, 0) is 28.6 Å². The zero-order valence-corrected chi connectivity index (χ0v) is 24.2. The van der Waals surface area contributed by atoms with Crippen molar-refractivity contribution in [3.8, 4) is 0 Å². The normalized spacial score (nSPS) is 44.4. The van der Waals surface area contributed by atoms with E-state index in [-0.39, 0.29) is 30.8 Å². The molecule has 0 radical (unpaired) electrons. The Morgan fingerprint density at radius 1 is 1.03 bits per heavy atom. The minimum atomic E-state index is -1.67. The first-order valence-electron chi connectivity index (χ1n) is 14.1. The number of nitrogens with one attached hydrogen (secondary N) is 1. The number of esters is 1. The highest BCUT2D eigenvalue weighted by Crippen LogP contribution is 2.34. The second-order valence-corrected chi connectivity index (χ2v) is 11.5. The van der Waals surface area contributed by atoms with Crippen LogP contribution in [0, 0.1) is 23.7 Å². The summed E-state index contributed by atoms with van der Waals surface area (Å²) in [5.41, 5.74) is -1.67. The summed E-state index contributed by atoms with van der Waals surface area (Å²) >= 11 is 0. The number of hydrogen-bond acceptors (Lipinski definition) is 10. The van der Waals surface area contributed by atoms with Gasteiger partial charge in [0.15, 0.2) is 12.1 Å². The standard InChI is InChI=1S/C28H49NO9/c1-9-21-15(4)23(31)14(3)20(30)11-12-28(8,35)26(33)16(5)25(17(6)27(34)37-21)38-22-13-19(29-10-2)24(32)18(7)36-22/h14-19,21-23,25-26,29,31,33,35H,9-13H2,1-8H3/t14-,15-,16-,17+,18?,19?,21+,22-,23+,25-,26+,28+/m0/s1. The van der Waals surface area contributed by atoms with Gasteiger partial charge in [0.1, 0.15) is 18.0 Å². The third-order valence-corrected chi connectivity index (χ3v) is 8.50. The quantitative estimate of drug-likeness (QED) is 0.378. The van der Waals surface area contributed by atoms with Crippen molar-refractivity contribution < 1.29 is 43.9 Å². The van der Waals surface area contributed by atoms with Crippen LogP contribution in [0.3, 0.4) is 0 Å². The number of carbonyl (C=O) groups excluding carboxylic acids is 3. The van der Waals surface area contributed by atoms with Gasteiger partial charge in [0, 0.05) is 30.6 Å². The summed E-state index contributed by atoms with van der Waals surface area (Å²) in [4.78, 5) is 38.8. The highest BCUT2D eigenvalue weighted by molar-refractivity contribution is 5.88. The molecule has 0 aromatic heterocycles. The molecule has 10 heteroatoms. The Balaban J connectivity index is 2.42. The van der Waals surface area contributed by atoms with Crippen molar-refractivity contribution in [2.75, 3.05) is 6.54 Å². The summed E-state index contributed by atoms with van der Waals surface area (Å²) < 4.78 is 18.0. The van der Waals surface area contributed by atoms with Crippen molar-refractivity contribution in [3.63, 3.8) is 0 Å². The first-order chi connectivity index (χ1) is 17.7. The molecule has 0 bridgehead atoms. The first kappa shape index (κ1) is 32.8. The molecule has 0 aliphatic carbocycles. The molecule has 0 amide bonds. The van der Waals surface area contributed by atoms with Crippen LogP contribution in [0.15, 0.2) is 0 Å². The molecular formula is C28H49NO9. The van der Waals surface area contributed by atoms with E-state index in [4.69, 9.17) is 14.2 Å². The second kappa shape index (κ2) is 13.8. The van der Waals surface area contributed by atoms with Crippen LogP contribution in [0.1, 0.15) is 81.1 Å². The summed E-state index contributed by atoms with van der Waals surface area (Å²) in [7, 11) is 0. The van der Waals surface area contributed by atoms with E-state index in [1.807, 2.05) is 13.8 Å². The number of aliphatic hydroxyl groups excluding tert-OH is 2. The van der Waals surface area contributed by atoms with E-state index in [9.17, 15) is 29.7 Å². The molecule has 12 atom stereocenters. The van der Waals surface area contributed by atoms with Crippen molar-refractivity contribution in [2.45, 2.75) is 130 Å². The Hall–Kier alpha value is -1.43. The monoisotopic (exact) mass is 543 g/mol. The Kier molecular flexibility index (Phi) is 11.9. The molecule has 0 saturated carbocycles. The van der Waals surface area contributed by atoms with Gasteiger partial charge in [0.05, 0.1) is 35.9 Å². The SMILES string of the molecule is CCNC1C[C@H](O[C@H]2[C@H](C)[C@@H](O)[C@](C)(O)CCC(=O)[C@H](C)[C@@H](O)[C@@H](C)[C@@H](CC)OC(=O)[C@@H]2C)OC(C)C1=O. The van der Waals surface area contributed by atoms with Crippen molar-refractivity contribution in [3.05, 3.63) is 0 Å². The van der Waals surface area contributed by atoms with Crippen LogP contribution in [-0.4, -0.2) is 87.9 Å². The number of hydrogen-bond donors (Lipinski definition) is 4. The Bertz CT molecular complexity index is 818. The fourth-order valence-electron chi connectivity index (χ4n) is 5.65. The average molecular weight is 544 g/mol. The van der Waals surface area contributed by atoms with Gasteiger partial charge in [-0.15, -0.1) is 0 Å². The number of aliphatic hydroxyl groups is 3. The number of ketones is 2. The number of Topliss-reactive ketones (excluding diaryl/α,β-unsaturated/α-hetero) is 2. The second-order valence-electron chi connectivity index (χ2n) is 11.5. The molecule has 0 aromatic rings. The third kappa shape index (κ3) is 7.61. The van der Waals surface area contributed by atoms with E-state index in [2.05, 4.69) is 5.32 Å². The highest BCUT2D eigenvalue weighted by Gasteiger charge is 2.46. The lowest BCUT2D eigenvalue weighted by Gasteiger charge is -2.42. The number of carbonyl (C=O) groups is 3. The smallest absolute Gasteiger partial charge is 0.311 e. The van der Waals surface area contributed by atoms with Gasteiger partial charge in [0.25, 0.3) is 0 Å². The lowest BCUT2D eigenvalue weighted by Crippen LogP contribution is -2.55. The Morgan fingerprint density at radius 3 is 2.24 bits per heavy atom. The fourth-order valence-corrected chi connectivity index (χ4v) is 5.65. The van der Waals surface area contributed by atoms with Crippen molar-refractivity contribution in [2.24, 2.45) is 23.7 Å². The van der Waals surface area contributed by atoms with Crippen molar-refractivity contribution in [1.29, 1.82) is 0 Å². The molecule has 4 N–H and O–H groups in total. The topological polar surface area (TPSA) is 152 Å². The maximum Gasteiger partial charge on any atom is 0.311 e. The van der Waals surface area contributed by atoms with E-state index in [1.54, 1.807) is 34.6 Å². The summed E-state index contributed by atoms with van der Waals surface area (Å²) in [6, 6.07) is -0.474. The van der Waals surface area contributed by atoms with Crippen LogP contribution in [0.4, 0.5) is 0 Å². The predicted octanol–water partition coefficient (Wildman–Crippen LogP) is 1.76. The van der Waals surface area contributed by atoms with Gasteiger partial charge < -0.3 is 34.8 Å². The summed E-state index contributed by atoms with van der Waals surface area (Å²) in [6.07, 6.45) is -4.93. The van der Waals surface area contributed by atoms with Gasteiger partial charge in [-0.2, -0.15) is 0 Å². The third-order valence-electron chi connectivity index (χ3n) is 8.50. The minimum Gasteiger partial charge on any atom is -0.462 e. The lowest BCUT2D eigenvalue weighted by molar-refractivity contribution is -0.240. The zero-order valence-electron chi connectivity index (χ0n) is 24.2. The molecule has 2 aliphatic rings. The summed E-state index contributed by atoms with van der Waals surface area (Å²) in [5, 5.41) is 36.4. The fraction of sp³-hybridized carbons (Fsp3) is 0.893. The van der Waals surface area contributed by atoms with Crippen LogP contribution in [0.25, 0.3) is 0 Å². The van der Waals surface area contributed by atoms with Crippen LogP contribution < -0.4 is 5.32 Å². The summed E-state index contributed by atoms with van der Waals surface area (Å²) in [5.74, 6) is -3.78. The molecule has 0 spiro atoms. The number of rotatable bonds is 5. The average Bonchev–Trinajstić information content (AvgIpc) is 2.88. The van der Waals surface area contributed by atoms with E-state index in [0.29, 0.717) is 13.0 Å². The Labute approximate surface area is 226 Å². The zero-order chi connectivity index (χ0) is 28.9. The molecule has 2 unspecified atom stereocenters. The number of ether oxygens (including phenoxy) is 3. The molecule has 2 saturated heterocycles.